The predicted molar refractivity (Wildman–Crippen MR) is 75.2 cm³/mol. The van der Waals surface area contributed by atoms with Gasteiger partial charge >= 0.3 is 0 Å². The van der Waals surface area contributed by atoms with Crippen LogP contribution in [-0.2, 0) is 0 Å². The van der Waals surface area contributed by atoms with Crippen molar-refractivity contribution in [3.8, 4) is 27.9 Å². The fourth-order valence-corrected chi connectivity index (χ4v) is 2.29. The van der Waals surface area contributed by atoms with Crippen LogP contribution in [0.3, 0.4) is 0 Å². The first-order valence-corrected chi connectivity index (χ1v) is 6.91. The van der Waals surface area contributed by atoms with Gasteiger partial charge in [-0.1, -0.05) is 5.16 Å². The van der Waals surface area contributed by atoms with E-state index in [1.54, 1.807) is 23.8 Å². The lowest BCUT2D eigenvalue weighted by atomic mass is 10.2. The molecule has 0 radical (unpaired) electrons. The maximum Gasteiger partial charge on any atom is 0.258 e. The number of aromatic nitrogens is 3. The van der Waals surface area contributed by atoms with Crippen LogP contribution in [0, 0.1) is 3.57 Å². The Bertz CT molecular complexity index is 681. The van der Waals surface area contributed by atoms with Crippen molar-refractivity contribution in [1.29, 1.82) is 0 Å². The van der Waals surface area contributed by atoms with E-state index in [4.69, 9.17) is 4.52 Å². The van der Waals surface area contributed by atoms with Gasteiger partial charge in [0.05, 0.1) is 14.0 Å². The summed E-state index contributed by atoms with van der Waals surface area (Å²) in [4.78, 5) is 9.08. The Balaban J connectivity index is 2.00. The molecule has 0 spiro atoms. The third-order valence-electron chi connectivity index (χ3n) is 2.27. The Labute approximate surface area is 120 Å². The molecule has 2 aromatic heterocycles. The second-order valence-electron chi connectivity index (χ2n) is 3.46. The van der Waals surface area contributed by atoms with E-state index in [2.05, 4.69) is 37.7 Å². The second-order valence-corrected chi connectivity index (χ2v) is 5.50. The first-order chi connectivity index (χ1) is 8.74. The molecule has 0 aliphatic carbocycles. The first-order valence-electron chi connectivity index (χ1n) is 4.95. The van der Waals surface area contributed by atoms with Gasteiger partial charge in [0.15, 0.2) is 0 Å². The van der Waals surface area contributed by atoms with Crippen LogP contribution >= 0.6 is 33.9 Å². The third-order valence-corrected chi connectivity index (χ3v) is 3.95. The van der Waals surface area contributed by atoms with Crippen LogP contribution in [0.5, 0.6) is 5.75 Å². The molecule has 2 heterocycles. The topological polar surface area (TPSA) is 72.0 Å². The average molecular weight is 371 g/mol. The Kier molecular flexibility index (Phi) is 3.00. The molecule has 7 heteroatoms. The van der Waals surface area contributed by atoms with Crippen LogP contribution in [0.2, 0.25) is 0 Å². The van der Waals surface area contributed by atoms with Gasteiger partial charge < -0.3 is 9.63 Å². The molecule has 0 fully saturated rings. The minimum absolute atomic E-state index is 0.200. The Morgan fingerprint density at radius 3 is 2.94 bits per heavy atom. The summed E-state index contributed by atoms with van der Waals surface area (Å²) in [5, 5.41) is 13.5. The van der Waals surface area contributed by atoms with Crippen molar-refractivity contribution < 1.29 is 9.63 Å². The minimum atomic E-state index is 0.200. The molecule has 1 aromatic carbocycles. The second kappa shape index (κ2) is 4.65. The largest absolute Gasteiger partial charge is 0.507 e. The lowest BCUT2D eigenvalue weighted by molar-refractivity contribution is 0.431. The first kappa shape index (κ1) is 11.6. The van der Waals surface area contributed by atoms with Crippen LogP contribution in [0.1, 0.15) is 0 Å². The van der Waals surface area contributed by atoms with E-state index < -0.39 is 0 Å². The molecule has 0 saturated heterocycles. The highest BCUT2D eigenvalue weighted by Crippen LogP contribution is 2.28. The molecule has 0 aliphatic heterocycles. The maximum atomic E-state index is 9.65. The van der Waals surface area contributed by atoms with E-state index >= 15 is 0 Å². The summed E-state index contributed by atoms with van der Waals surface area (Å²) in [5.74, 6) is 1.08. The molecule has 3 rings (SSSR count). The van der Waals surface area contributed by atoms with Gasteiger partial charge in [0.25, 0.3) is 5.89 Å². The van der Waals surface area contributed by atoms with E-state index in [0.29, 0.717) is 17.3 Å². The van der Waals surface area contributed by atoms with Crippen LogP contribution < -0.4 is 0 Å². The van der Waals surface area contributed by atoms with Crippen molar-refractivity contribution in [2.45, 2.75) is 0 Å². The number of hydrogen-bond acceptors (Lipinski definition) is 6. The third kappa shape index (κ3) is 2.10. The number of phenolic OH excluding ortho intramolecular Hbond substituents is 1. The van der Waals surface area contributed by atoms with Crippen LogP contribution in [0.25, 0.3) is 22.2 Å². The smallest absolute Gasteiger partial charge is 0.258 e. The quantitative estimate of drug-likeness (QED) is 0.701. The van der Waals surface area contributed by atoms with Crippen molar-refractivity contribution >= 4 is 33.9 Å². The lowest BCUT2D eigenvalue weighted by Crippen LogP contribution is -1.80. The summed E-state index contributed by atoms with van der Waals surface area (Å²) < 4.78 is 5.95. The van der Waals surface area contributed by atoms with Crippen LogP contribution in [0.15, 0.2) is 34.4 Å². The summed E-state index contributed by atoms with van der Waals surface area (Å²) in [6.45, 7) is 0. The van der Waals surface area contributed by atoms with Gasteiger partial charge in [-0.25, -0.2) is 0 Å². The number of benzene rings is 1. The molecule has 1 N–H and O–H groups in total. The van der Waals surface area contributed by atoms with E-state index in [1.165, 1.54) is 11.3 Å². The van der Waals surface area contributed by atoms with E-state index in [9.17, 15) is 5.11 Å². The summed E-state index contributed by atoms with van der Waals surface area (Å²) in [6.07, 6.45) is 1.69. The maximum absolute atomic E-state index is 9.65. The monoisotopic (exact) mass is 371 g/mol. The number of thiazole rings is 1. The number of rotatable bonds is 2. The highest BCUT2D eigenvalue weighted by molar-refractivity contribution is 14.1. The number of hydrogen-bond donors (Lipinski definition) is 1. The minimum Gasteiger partial charge on any atom is -0.507 e. The van der Waals surface area contributed by atoms with Gasteiger partial charge in [-0.05, 0) is 40.8 Å². The average Bonchev–Trinajstić information content (AvgIpc) is 3.01. The molecule has 5 nitrogen and oxygen atoms in total. The molecule has 18 heavy (non-hydrogen) atoms. The van der Waals surface area contributed by atoms with Crippen molar-refractivity contribution in [2.75, 3.05) is 0 Å². The van der Waals surface area contributed by atoms with Gasteiger partial charge in [-0.3, -0.25) is 4.98 Å². The number of aromatic hydroxyl groups is 1. The number of phenols is 1. The van der Waals surface area contributed by atoms with Crippen molar-refractivity contribution in [2.24, 2.45) is 0 Å². The highest BCUT2D eigenvalue weighted by atomic mass is 127. The summed E-state index contributed by atoms with van der Waals surface area (Å²) in [7, 11) is 0. The van der Waals surface area contributed by atoms with Gasteiger partial charge in [0.2, 0.25) is 5.82 Å². The van der Waals surface area contributed by atoms with E-state index in [1.807, 2.05) is 6.07 Å². The van der Waals surface area contributed by atoms with Crippen LogP contribution in [-0.4, -0.2) is 20.2 Å². The Morgan fingerprint density at radius 1 is 1.33 bits per heavy atom. The molecule has 0 atom stereocenters. The summed E-state index contributed by atoms with van der Waals surface area (Å²) in [5.41, 5.74) is 2.40. The fraction of sp³-hybridized carbons (Fsp3) is 0. The molecule has 0 saturated carbocycles. The molecular formula is C11H6IN3O2S. The summed E-state index contributed by atoms with van der Waals surface area (Å²) >= 11 is 3.49. The highest BCUT2D eigenvalue weighted by Gasteiger charge is 2.12. The molecule has 0 bridgehead atoms. The zero-order valence-electron chi connectivity index (χ0n) is 8.87. The van der Waals surface area contributed by atoms with Crippen molar-refractivity contribution in [3.05, 3.63) is 33.5 Å². The summed E-state index contributed by atoms with van der Waals surface area (Å²) in [6, 6.07) is 5.22. The van der Waals surface area contributed by atoms with Gasteiger partial charge in [0.1, 0.15) is 5.75 Å². The zero-order valence-corrected chi connectivity index (χ0v) is 11.8. The lowest BCUT2D eigenvalue weighted by Gasteiger charge is -1.97. The van der Waals surface area contributed by atoms with E-state index in [-0.39, 0.29) is 5.75 Å². The Hall–Kier alpha value is -1.48. The van der Waals surface area contributed by atoms with Gasteiger partial charge in [-0.15, -0.1) is 11.3 Å². The molecule has 0 unspecified atom stereocenters. The predicted octanol–water partition coefficient (Wildman–Crippen LogP) is 3.17. The number of halogens is 1. The Morgan fingerprint density at radius 2 is 2.22 bits per heavy atom. The molecule has 3 aromatic rings. The fourth-order valence-electron chi connectivity index (χ4n) is 1.41. The van der Waals surface area contributed by atoms with E-state index in [0.717, 1.165) is 8.45 Å². The normalized spacial score (nSPS) is 10.7. The molecule has 90 valence electrons. The molecular weight excluding hydrogens is 365 g/mol. The zero-order chi connectivity index (χ0) is 12.5. The standard InChI is InChI=1S/C11H6IN3O2S/c12-7-2-1-6(3-8(7)16)11-14-10(15-17-11)9-4-13-5-18-9/h1-5,16H. The van der Waals surface area contributed by atoms with Crippen molar-refractivity contribution in [1.82, 2.24) is 15.1 Å². The van der Waals surface area contributed by atoms with Crippen LogP contribution in [0.4, 0.5) is 0 Å². The number of nitrogens with zero attached hydrogens (tertiary/aromatic N) is 3. The van der Waals surface area contributed by atoms with Gasteiger partial charge in [-0.2, -0.15) is 4.98 Å². The SMILES string of the molecule is Oc1cc(-c2nc(-c3cncs3)no2)ccc1I. The molecule has 0 aliphatic rings. The molecule has 0 amide bonds. The van der Waals surface area contributed by atoms with Gasteiger partial charge in [0, 0.05) is 11.8 Å². The van der Waals surface area contributed by atoms with Crippen molar-refractivity contribution in [3.63, 3.8) is 0 Å².